The minimum absolute atomic E-state index is 0.885. The number of nitrogens with zero attached hydrogens (tertiary/aromatic N) is 2. The number of benzene rings is 1. The molecule has 1 heterocycles. The van der Waals surface area contributed by atoms with Gasteiger partial charge in [-0.3, -0.25) is 0 Å². The van der Waals surface area contributed by atoms with Crippen LogP contribution in [0.15, 0.2) is 36.8 Å². The third-order valence-electron chi connectivity index (χ3n) is 2.52. The second-order valence-electron chi connectivity index (χ2n) is 3.61. The molecule has 0 radical (unpaired) electrons. The van der Waals surface area contributed by atoms with Gasteiger partial charge in [-0.1, -0.05) is 12.1 Å². The van der Waals surface area contributed by atoms with Crippen molar-refractivity contribution in [3.63, 3.8) is 0 Å². The molecule has 0 saturated carbocycles. The largest absolute Gasteiger partial charge is 0.388 e. The topological polar surface area (TPSA) is 29.9 Å². The van der Waals surface area contributed by atoms with Crippen LogP contribution in [0.3, 0.4) is 0 Å². The number of imidazole rings is 1. The predicted octanol–water partition coefficient (Wildman–Crippen LogP) is 2.28. The summed E-state index contributed by atoms with van der Waals surface area (Å²) in [5.74, 6) is 0. The van der Waals surface area contributed by atoms with Crippen LogP contribution in [-0.2, 0) is 6.54 Å². The molecule has 0 amide bonds. The fourth-order valence-corrected chi connectivity index (χ4v) is 1.53. The van der Waals surface area contributed by atoms with Gasteiger partial charge >= 0.3 is 0 Å². The lowest BCUT2D eigenvalue weighted by atomic mass is 10.2. The summed E-state index contributed by atoms with van der Waals surface area (Å²) in [4.78, 5) is 4.10. The Balaban J connectivity index is 2.14. The Morgan fingerprint density at radius 1 is 1.27 bits per heavy atom. The van der Waals surface area contributed by atoms with Crippen LogP contribution in [-0.4, -0.2) is 16.6 Å². The Bertz CT molecular complexity index is 428. The van der Waals surface area contributed by atoms with E-state index in [9.17, 15) is 0 Å². The van der Waals surface area contributed by atoms with Crippen molar-refractivity contribution in [2.24, 2.45) is 0 Å². The predicted molar refractivity (Wildman–Crippen MR) is 62.1 cm³/mol. The second kappa shape index (κ2) is 4.17. The second-order valence-corrected chi connectivity index (χ2v) is 3.61. The van der Waals surface area contributed by atoms with Crippen molar-refractivity contribution in [1.82, 2.24) is 9.55 Å². The lowest BCUT2D eigenvalue weighted by Gasteiger charge is -2.06. The van der Waals surface area contributed by atoms with E-state index >= 15 is 0 Å². The smallest absolute Gasteiger partial charge is 0.0951 e. The Labute approximate surface area is 89.8 Å². The number of aromatic nitrogens is 2. The number of hydrogen-bond acceptors (Lipinski definition) is 2. The quantitative estimate of drug-likeness (QED) is 0.825. The minimum Gasteiger partial charge on any atom is -0.388 e. The zero-order valence-corrected chi connectivity index (χ0v) is 9.07. The molecule has 0 aliphatic carbocycles. The molecular weight excluding hydrogens is 186 g/mol. The maximum absolute atomic E-state index is 4.10. The highest BCUT2D eigenvalue weighted by Gasteiger charge is 1.98. The first-order valence-corrected chi connectivity index (χ1v) is 5.03. The molecular formula is C12H15N3. The third kappa shape index (κ3) is 2.18. The van der Waals surface area contributed by atoms with Crippen LogP contribution in [0.4, 0.5) is 5.69 Å². The maximum Gasteiger partial charge on any atom is 0.0951 e. The van der Waals surface area contributed by atoms with Crippen LogP contribution in [0.25, 0.3) is 0 Å². The summed E-state index contributed by atoms with van der Waals surface area (Å²) in [7, 11) is 1.93. The summed E-state index contributed by atoms with van der Waals surface area (Å²) < 4.78 is 2.13. The highest BCUT2D eigenvalue weighted by molar-refractivity contribution is 5.43. The number of rotatable bonds is 3. The molecule has 3 heteroatoms. The van der Waals surface area contributed by atoms with Crippen molar-refractivity contribution in [1.29, 1.82) is 0 Å². The van der Waals surface area contributed by atoms with Crippen LogP contribution in [0, 0.1) is 6.92 Å². The first kappa shape index (κ1) is 9.77. The molecule has 0 fully saturated rings. The number of anilines is 1. The molecule has 0 aliphatic rings. The normalized spacial score (nSPS) is 10.3. The molecule has 15 heavy (non-hydrogen) atoms. The molecule has 0 atom stereocenters. The average Bonchev–Trinajstić information content (AvgIpc) is 2.66. The summed E-state index contributed by atoms with van der Waals surface area (Å²) >= 11 is 0. The van der Waals surface area contributed by atoms with Gasteiger partial charge in [0.25, 0.3) is 0 Å². The third-order valence-corrected chi connectivity index (χ3v) is 2.52. The van der Waals surface area contributed by atoms with Gasteiger partial charge in [0.05, 0.1) is 6.33 Å². The van der Waals surface area contributed by atoms with Gasteiger partial charge in [0.15, 0.2) is 0 Å². The fraction of sp³-hybridized carbons (Fsp3) is 0.250. The monoisotopic (exact) mass is 201 g/mol. The molecule has 0 spiro atoms. The number of nitrogens with one attached hydrogen (secondary N) is 1. The Kier molecular flexibility index (Phi) is 2.72. The van der Waals surface area contributed by atoms with Crippen LogP contribution in [0.1, 0.15) is 11.3 Å². The first-order valence-electron chi connectivity index (χ1n) is 5.03. The molecule has 2 aromatic rings. The molecule has 78 valence electrons. The molecule has 3 nitrogen and oxygen atoms in total. The standard InChI is InChI=1S/C12H15N3/c1-10-7-14-9-15(10)8-11-3-5-12(13-2)6-4-11/h3-7,9,13H,8H2,1-2H3. The van der Waals surface area contributed by atoms with Crippen molar-refractivity contribution in [2.45, 2.75) is 13.5 Å². The molecule has 0 saturated heterocycles. The molecule has 2 rings (SSSR count). The SMILES string of the molecule is CNc1ccc(Cn2cncc2C)cc1. The molecule has 1 N–H and O–H groups in total. The Hall–Kier alpha value is -1.77. The van der Waals surface area contributed by atoms with E-state index < -0.39 is 0 Å². The van der Waals surface area contributed by atoms with Gasteiger partial charge in [-0.25, -0.2) is 4.98 Å². The van der Waals surface area contributed by atoms with Crippen LogP contribution >= 0.6 is 0 Å². The highest BCUT2D eigenvalue weighted by atomic mass is 15.0. The zero-order valence-electron chi connectivity index (χ0n) is 9.07. The van der Waals surface area contributed by atoms with Crippen LogP contribution in [0.2, 0.25) is 0 Å². The van der Waals surface area contributed by atoms with Crippen molar-refractivity contribution in [3.05, 3.63) is 48.0 Å². The van der Waals surface area contributed by atoms with Crippen LogP contribution < -0.4 is 5.32 Å². The van der Waals surface area contributed by atoms with E-state index in [2.05, 4.69) is 46.1 Å². The van der Waals surface area contributed by atoms with E-state index in [4.69, 9.17) is 0 Å². The summed E-state index contributed by atoms with van der Waals surface area (Å²) in [5.41, 5.74) is 3.61. The number of aryl methyl sites for hydroxylation is 1. The van der Waals surface area contributed by atoms with Crippen molar-refractivity contribution >= 4 is 5.69 Å². The van der Waals surface area contributed by atoms with Crippen molar-refractivity contribution in [2.75, 3.05) is 12.4 Å². The summed E-state index contributed by atoms with van der Waals surface area (Å²) in [5, 5.41) is 3.11. The van der Waals surface area contributed by atoms with E-state index in [1.807, 2.05) is 19.6 Å². The summed E-state index contributed by atoms with van der Waals surface area (Å²) in [6, 6.07) is 8.43. The van der Waals surface area contributed by atoms with Gasteiger partial charge in [-0.2, -0.15) is 0 Å². The summed E-state index contributed by atoms with van der Waals surface area (Å²) in [6.45, 7) is 2.95. The average molecular weight is 201 g/mol. The maximum atomic E-state index is 4.10. The number of hydrogen-bond donors (Lipinski definition) is 1. The van der Waals surface area contributed by atoms with Gasteiger partial charge < -0.3 is 9.88 Å². The molecule has 1 aromatic carbocycles. The van der Waals surface area contributed by atoms with E-state index in [0.717, 1.165) is 12.2 Å². The fourth-order valence-electron chi connectivity index (χ4n) is 1.53. The Morgan fingerprint density at radius 2 is 2.00 bits per heavy atom. The first-order chi connectivity index (χ1) is 7.29. The van der Waals surface area contributed by atoms with Crippen molar-refractivity contribution in [3.8, 4) is 0 Å². The molecule has 1 aromatic heterocycles. The lowest BCUT2D eigenvalue weighted by molar-refractivity contribution is 0.770. The van der Waals surface area contributed by atoms with E-state index in [-0.39, 0.29) is 0 Å². The minimum atomic E-state index is 0.885. The van der Waals surface area contributed by atoms with E-state index in [1.165, 1.54) is 11.3 Å². The molecule has 0 aliphatic heterocycles. The Morgan fingerprint density at radius 3 is 2.53 bits per heavy atom. The van der Waals surface area contributed by atoms with Gasteiger partial charge in [-0.05, 0) is 24.6 Å². The zero-order chi connectivity index (χ0) is 10.7. The van der Waals surface area contributed by atoms with Gasteiger partial charge in [0, 0.05) is 31.2 Å². The van der Waals surface area contributed by atoms with Gasteiger partial charge in [0.2, 0.25) is 0 Å². The molecule has 0 unspecified atom stereocenters. The van der Waals surface area contributed by atoms with Gasteiger partial charge in [0.1, 0.15) is 0 Å². The molecule has 0 bridgehead atoms. The van der Waals surface area contributed by atoms with Crippen molar-refractivity contribution < 1.29 is 0 Å². The van der Waals surface area contributed by atoms with Crippen LogP contribution in [0.5, 0.6) is 0 Å². The van der Waals surface area contributed by atoms with E-state index in [1.54, 1.807) is 0 Å². The van der Waals surface area contributed by atoms with E-state index in [0.29, 0.717) is 0 Å². The lowest BCUT2D eigenvalue weighted by Crippen LogP contribution is -2.00. The highest BCUT2D eigenvalue weighted by Crippen LogP contribution is 2.10. The summed E-state index contributed by atoms with van der Waals surface area (Å²) in [6.07, 6.45) is 3.74. The van der Waals surface area contributed by atoms with Gasteiger partial charge in [-0.15, -0.1) is 0 Å².